The Morgan fingerprint density at radius 3 is 2.12 bits per heavy atom. The van der Waals surface area contributed by atoms with Gasteiger partial charge in [0.15, 0.2) is 5.78 Å². The number of ketones is 1. The SMILES string of the molecule is Cc1cccc(C)c1C(=O)C1CCC(C)CC1. The number of Topliss-reactive ketones (excluding diaryl/α,β-unsaturated/α-hetero) is 1. The third kappa shape index (κ3) is 2.59. The summed E-state index contributed by atoms with van der Waals surface area (Å²) < 4.78 is 0. The Morgan fingerprint density at radius 1 is 1.06 bits per heavy atom. The van der Waals surface area contributed by atoms with E-state index in [1.165, 1.54) is 12.8 Å². The van der Waals surface area contributed by atoms with Crippen LogP contribution >= 0.6 is 0 Å². The van der Waals surface area contributed by atoms with Gasteiger partial charge < -0.3 is 0 Å². The second kappa shape index (κ2) is 5.03. The zero-order valence-electron chi connectivity index (χ0n) is 11.1. The van der Waals surface area contributed by atoms with Crippen LogP contribution in [-0.4, -0.2) is 5.78 Å². The molecule has 0 N–H and O–H groups in total. The molecule has 1 heteroatoms. The maximum atomic E-state index is 12.5. The molecule has 2 rings (SSSR count). The maximum Gasteiger partial charge on any atom is 0.166 e. The molecule has 1 aliphatic rings. The van der Waals surface area contributed by atoms with Crippen molar-refractivity contribution in [2.75, 3.05) is 0 Å². The minimum atomic E-state index is 0.269. The summed E-state index contributed by atoms with van der Waals surface area (Å²) in [6, 6.07) is 6.13. The number of carbonyl (C=O) groups excluding carboxylic acids is 1. The first-order valence-corrected chi connectivity index (χ1v) is 6.70. The summed E-state index contributed by atoms with van der Waals surface area (Å²) in [5, 5.41) is 0. The van der Waals surface area contributed by atoms with Crippen LogP contribution in [0.1, 0.15) is 54.1 Å². The van der Waals surface area contributed by atoms with Crippen molar-refractivity contribution >= 4 is 5.78 Å². The largest absolute Gasteiger partial charge is 0.294 e. The predicted octanol–water partition coefficient (Wildman–Crippen LogP) is 4.31. The molecule has 0 spiro atoms. The number of hydrogen-bond acceptors (Lipinski definition) is 1. The highest BCUT2D eigenvalue weighted by atomic mass is 16.1. The van der Waals surface area contributed by atoms with Crippen LogP contribution < -0.4 is 0 Å². The van der Waals surface area contributed by atoms with Gasteiger partial charge in [0.1, 0.15) is 0 Å². The summed E-state index contributed by atoms with van der Waals surface area (Å²) in [5.74, 6) is 1.45. The van der Waals surface area contributed by atoms with Gasteiger partial charge in [0.05, 0.1) is 0 Å². The highest BCUT2D eigenvalue weighted by Crippen LogP contribution is 2.31. The van der Waals surface area contributed by atoms with E-state index in [-0.39, 0.29) is 5.92 Å². The lowest BCUT2D eigenvalue weighted by molar-refractivity contribution is 0.0874. The molecule has 92 valence electrons. The number of carbonyl (C=O) groups is 1. The van der Waals surface area contributed by atoms with Crippen molar-refractivity contribution in [2.45, 2.75) is 46.5 Å². The van der Waals surface area contributed by atoms with Crippen LogP contribution in [0.4, 0.5) is 0 Å². The summed E-state index contributed by atoms with van der Waals surface area (Å²) in [6.07, 6.45) is 4.57. The molecule has 0 aromatic heterocycles. The Labute approximate surface area is 104 Å². The summed E-state index contributed by atoms with van der Waals surface area (Å²) >= 11 is 0. The highest BCUT2D eigenvalue weighted by molar-refractivity contribution is 6.00. The van der Waals surface area contributed by atoms with E-state index in [0.29, 0.717) is 5.78 Å². The molecular weight excluding hydrogens is 208 g/mol. The van der Waals surface area contributed by atoms with Crippen molar-refractivity contribution in [1.82, 2.24) is 0 Å². The molecule has 0 saturated heterocycles. The van der Waals surface area contributed by atoms with Crippen molar-refractivity contribution in [1.29, 1.82) is 0 Å². The van der Waals surface area contributed by atoms with Gasteiger partial charge in [-0.25, -0.2) is 0 Å². The monoisotopic (exact) mass is 230 g/mol. The average molecular weight is 230 g/mol. The third-order valence-electron chi connectivity index (χ3n) is 4.11. The lowest BCUT2D eigenvalue weighted by Gasteiger charge is -2.26. The van der Waals surface area contributed by atoms with E-state index >= 15 is 0 Å². The first-order valence-electron chi connectivity index (χ1n) is 6.70. The molecule has 0 amide bonds. The van der Waals surface area contributed by atoms with E-state index in [1.807, 2.05) is 32.0 Å². The standard InChI is InChI=1S/C16H22O/c1-11-7-9-14(10-8-11)16(17)15-12(2)5-4-6-13(15)3/h4-6,11,14H,7-10H2,1-3H3. The lowest BCUT2D eigenvalue weighted by atomic mass is 9.78. The topological polar surface area (TPSA) is 17.1 Å². The van der Waals surface area contributed by atoms with E-state index in [1.54, 1.807) is 0 Å². The zero-order valence-corrected chi connectivity index (χ0v) is 11.1. The van der Waals surface area contributed by atoms with Crippen molar-refractivity contribution in [3.8, 4) is 0 Å². The minimum absolute atomic E-state index is 0.269. The Balaban J connectivity index is 2.20. The fourth-order valence-electron chi connectivity index (χ4n) is 2.93. The van der Waals surface area contributed by atoms with Crippen LogP contribution in [-0.2, 0) is 0 Å². The highest BCUT2D eigenvalue weighted by Gasteiger charge is 2.26. The van der Waals surface area contributed by atoms with Gasteiger partial charge in [-0.1, -0.05) is 38.0 Å². The van der Waals surface area contributed by atoms with Gasteiger partial charge in [-0.2, -0.15) is 0 Å². The summed E-state index contributed by atoms with van der Waals surface area (Å²) in [4.78, 5) is 12.5. The minimum Gasteiger partial charge on any atom is -0.294 e. The summed E-state index contributed by atoms with van der Waals surface area (Å²) in [5.41, 5.74) is 3.24. The zero-order chi connectivity index (χ0) is 12.4. The van der Waals surface area contributed by atoms with Crippen LogP contribution in [0.2, 0.25) is 0 Å². The molecule has 17 heavy (non-hydrogen) atoms. The second-order valence-corrected chi connectivity index (χ2v) is 5.59. The van der Waals surface area contributed by atoms with E-state index in [0.717, 1.165) is 35.4 Å². The van der Waals surface area contributed by atoms with E-state index in [4.69, 9.17) is 0 Å². The van der Waals surface area contributed by atoms with Crippen LogP contribution in [0.5, 0.6) is 0 Å². The molecule has 1 aromatic rings. The van der Waals surface area contributed by atoms with Gasteiger partial charge in [0.2, 0.25) is 0 Å². The first-order chi connectivity index (χ1) is 8.09. The van der Waals surface area contributed by atoms with Crippen LogP contribution in [0.15, 0.2) is 18.2 Å². The van der Waals surface area contributed by atoms with Crippen molar-refractivity contribution < 1.29 is 4.79 Å². The number of aryl methyl sites for hydroxylation is 2. The van der Waals surface area contributed by atoms with Crippen molar-refractivity contribution in [2.24, 2.45) is 11.8 Å². The Hall–Kier alpha value is -1.11. The van der Waals surface area contributed by atoms with Crippen molar-refractivity contribution in [3.05, 3.63) is 34.9 Å². The predicted molar refractivity (Wildman–Crippen MR) is 71.4 cm³/mol. The van der Waals surface area contributed by atoms with Gasteiger partial charge in [-0.05, 0) is 43.7 Å². The molecule has 0 aliphatic heterocycles. The molecule has 0 bridgehead atoms. The van der Waals surface area contributed by atoms with E-state index < -0.39 is 0 Å². The third-order valence-corrected chi connectivity index (χ3v) is 4.11. The number of rotatable bonds is 2. The van der Waals surface area contributed by atoms with Gasteiger partial charge >= 0.3 is 0 Å². The van der Waals surface area contributed by atoms with Crippen LogP contribution in [0, 0.1) is 25.7 Å². The first kappa shape index (κ1) is 12.3. The Kier molecular flexibility index (Phi) is 3.66. The molecule has 1 aromatic carbocycles. The fourth-order valence-corrected chi connectivity index (χ4v) is 2.93. The van der Waals surface area contributed by atoms with Gasteiger partial charge in [-0.3, -0.25) is 4.79 Å². The smallest absolute Gasteiger partial charge is 0.166 e. The molecule has 1 aliphatic carbocycles. The molecule has 0 atom stereocenters. The fraction of sp³-hybridized carbons (Fsp3) is 0.562. The second-order valence-electron chi connectivity index (χ2n) is 5.59. The molecule has 0 radical (unpaired) electrons. The average Bonchev–Trinajstić information content (AvgIpc) is 2.29. The van der Waals surface area contributed by atoms with Crippen LogP contribution in [0.3, 0.4) is 0 Å². The normalized spacial score (nSPS) is 24.6. The molecular formula is C16H22O. The van der Waals surface area contributed by atoms with Crippen LogP contribution in [0.25, 0.3) is 0 Å². The molecule has 0 unspecified atom stereocenters. The Bertz CT molecular complexity index is 391. The molecule has 1 saturated carbocycles. The van der Waals surface area contributed by atoms with Crippen molar-refractivity contribution in [3.63, 3.8) is 0 Å². The Morgan fingerprint density at radius 2 is 1.59 bits per heavy atom. The van der Waals surface area contributed by atoms with Gasteiger partial charge in [-0.15, -0.1) is 0 Å². The quantitative estimate of drug-likeness (QED) is 0.692. The maximum absolute atomic E-state index is 12.5. The molecule has 1 nitrogen and oxygen atoms in total. The van der Waals surface area contributed by atoms with E-state index in [9.17, 15) is 4.79 Å². The van der Waals surface area contributed by atoms with E-state index in [2.05, 4.69) is 6.92 Å². The lowest BCUT2D eigenvalue weighted by Crippen LogP contribution is -2.22. The summed E-state index contributed by atoms with van der Waals surface area (Å²) in [6.45, 7) is 6.39. The number of hydrogen-bond donors (Lipinski definition) is 0. The van der Waals surface area contributed by atoms with Gasteiger partial charge in [0.25, 0.3) is 0 Å². The van der Waals surface area contributed by atoms with Gasteiger partial charge in [0, 0.05) is 11.5 Å². The summed E-state index contributed by atoms with van der Waals surface area (Å²) in [7, 11) is 0. The number of benzene rings is 1. The molecule has 0 heterocycles. The molecule has 1 fully saturated rings.